The van der Waals surface area contributed by atoms with Gasteiger partial charge in [0.1, 0.15) is 11.8 Å². The van der Waals surface area contributed by atoms with E-state index in [1.165, 1.54) is 6.20 Å². The molecule has 6 nitrogen and oxygen atoms in total. The summed E-state index contributed by atoms with van der Waals surface area (Å²) >= 11 is 0. The molecule has 6 heteroatoms. The van der Waals surface area contributed by atoms with E-state index in [0.29, 0.717) is 33.9 Å². The van der Waals surface area contributed by atoms with Gasteiger partial charge in [0.05, 0.1) is 35.8 Å². The van der Waals surface area contributed by atoms with Crippen LogP contribution in [0.5, 0.6) is 5.75 Å². The van der Waals surface area contributed by atoms with Gasteiger partial charge in [0.15, 0.2) is 0 Å². The van der Waals surface area contributed by atoms with E-state index in [-0.39, 0.29) is 5.91 Å². The average molecular weight is 344 g/mol. The molecule has 1 amide bonds. The Bertz CT molecular complexity index is 979. The number of methoxy groups -OCH3 is 1. The summed E-state index contributed by atoms with van der Waals surface area (Å²) < 4.78 is 5.15. The third kappa shape index (κ3) is 3.97. The highest BCUT2D eigenvalue weighted by molar-refractivity contribution is 6.04. The number of amides is 1. The molecule has 0 unspecified atom stereocenters. The van der Waals surface area contributed by atoms with Gasteiger partial charge in [-0.3, -0.25) is 9.78 Å². The molecule has 3 rings (SSSR count). The number of nitriles is 1. The zero-order chi connectivity index (χ0) is 18.4. The van der Waals surface area contributed by atoms with Crippen LogP contribution in [0.25, 0.3) is 0 Å². The number of carbonyl (C=O) groups excluding carboxylic acids is 1. The van der Waals surface area contributed by atoms with Crippen molar-refractivity contribution in [2.45, 2.75) is 0 Å². The van der Waals surface area contributed by atoms with E-state index in [0.717, 1.165) is 0 Å². The molecule has 0 atom stereocenters. The maximum absolute atomic E-state index is 12.5. The zero-order valence-corrected chi connectivity index (χ0v) is 14.1. The van der Waals surface area contributed by atoms with Gasteiger partial charge >= 0.3 is 0 Å². The van der Waals surface area contributed by atoms with Crippen LogP contribution in [0.1, 0.15) is 15.9 Å². The van der Waals surface area contributed by atoms with Crippen molar-refractivity contribution in [2.75, 3.05) is 17.7 Å². The number of benzene rings is 2. The van der Waals surface area contributed by atoms with Gasteiger partial charge in [0, 0.05) is 18.0 Å². The summed E-state index contributed by atoms with van der Waals surface area (Å²) in [5.41, 5.74) is 2.81. The number of para-hydroxylation sites is 1. The summed E-state index contributed by atoms with van der Waals surface area (Å²) in [5.74, 6) is 0.368. The van der Waals surface area contributed by atoms with Gasteiger partial charge in [-0.25, -0.2) is 0 Å². The predicted octanol–water partition coefficient (Wildman–Crippen LogP) is 3.96. The Morgan fingerprint density at radius 1 is 1.08 bits per heavy atom. The summed E-state index contributed by atoms with van der Waals surface area (Å²) in [7, 11) is 1.57. The number of pyridine rings is 1. The fourth-order valence-electron chi connectivity index (χ4n) is 2.38. The molecule has 2 N–H and O–H groups in total. The van der Waals surface area contributed by atoms with Crippen LogP contribution < -0.4 is 15.4 Å². The lowest BCUT2D eigenvalue weighted by Gasteiger charge is -2.10. The lowest BCUT2D eigenvalue weighted by molar-refractivity contribution is 0.102. The monoisotopic (exact) mass is 344 g/mol. The van der Waals surface area contributed by atoms with E-state index >= 15 is 0 Å². The standard InChI is InChI=1S/C20H16N4O2/c1-26-18-7-4-6-16(10-18)24-20(25)15-9-17(13-22-12-15)23-19-8-3-2-5-14(19)11-21/h2-10,12-13,23H,1H3,(H,24,25). The number of hydrogen-bond acceptors (Lipinski definition) is 5. The number of aromatic nitrogens is 1. The van der Waals surface area contributed by atoms with Crippen LogP contribution in [-0.2, 0) is 0 Å². The molecule has 0 bridgehead atoms. The molecule has 0 aliphatic rings. The maximum Gasteiger partial charge on any atom is 0.257 e. The van der Waals surface area contributed by atoms with E-state index in [1.807, 2.05) is 6.07 Å². The van der Waals surface area contributed by atoms with Crippen molar-refractivity contribution in [3.8, 4) is 11.8 Å². The van der Waals surface area contributed by atoms with Gasteiger partial charge in [0.25, 0.3) is 5.91 Å². The minimum Gasteiger partial charge on any atom is -0.497 e. The smallest absolute Gasteiger partial charge is 0.257 e. The highest BCUT2D eigenvalue weighted by Crippen LogP contribution is 2.21. The van der Waals surface area contributed by atoms with Crippen molar-refractivity contribution in [1.82, 2.24) is 4.98 Å². The Hall–Kier alpha value is -3.85. The first-order valence-electron chi connectivity index (χ1n) is 7.86. The van der Waals surface area contributed by atoms with E-state index < -0.39 is 0 Å². The van der Waals surface area contributed by atoms with Gasteiger partial charge in [-0.1, -0.05) is 18.2 Å². The molecule has 0 radical (unpaired) electrons. The molecule has 3 aromatic rings. The average Bonchev–Trinajstić information content (AvgIpc) is 2.69. The van der Waals surface area contributed by atoms with Crippen LogP contribution >= 0.6 is 0 Å². The molecule has 0 aliphatic carbocycles. The van der Waals surface area contributed by atoms with Gasteiger partial charge in [-0.05, 0) is 30.3 Å². The molecule has 0 saturated carbocycles. The summed E-state index contributed by atoms with van der Waals surface area (Å²) in [4.78, 5) is 16.6. The Labute approximate surface area is 151 Å². The lowest BCUT2D eigenvalue weighted by atomic mass is 10.2. The second-order valence-corrected chi connectivity index (χ2v) is 5.43. The maximum atomic E-state index is 12.5. The molecule has 128 valence electrons. The van der Waals surface area contributed by atoms with Gasteiger partial charge in [0.2, 0.25) is 0 Å². The Morgan fingerprint density at radius 3 is 2.73 bits per heavy atom. The minimum atomic E-state index is -0.289. The van der Waals surface area contributed by atoms with Crippen molar-refractivity contribution >= 4 is 23.0 Å². The van der Waals surface area contributed by atoms with Crippen molar-refractivity contribution in [3.05, 3.63) is 78.1 Å². The second-order valence-electron chi connectivity index (χ2n) is 5.43. The summed E-state index contributed by atoms with van der Waals surface area (Å²) in [6.45, 7) is 0. The van der Waals surface area contributed by atoms with Crippen LogP contribution in [-0.4, -0.2) is 18.0 Å². The highest BCUT2D eigenvalue weighted by atomic mass is 16.5. The van der Waals surface area contributed by atoms with Crippen LogP contribution in [0.3, 0.4) is 0 Å². The van der Waals surface area contributed by atoms with Crippen LogP contribution in [0.4, 0.5) is 17.1 Å². The van der Waals surface area contributed by atoms with Gasteiger partial charge in [-0.15, -0.1) is 0 Å². The topological polar surface area (TPSA) is 87.0 Å². The van der Waals surface area contributed by atoms with E-state index in [4.69, 9.17) is 10.00 Å². The number of nitrogens with zero attached hydrogens (tertiary/aromatic N) is 2. The SMILES string of the molecule is COc1cccc(NC(=O)c2cncc(Nc3ccccc3C#N)c2)c1. The van der Waals surface area contributed by atoms with Crippen molar-refractivity contribution in [3.63, 3.8) is 0 Å². The quantitative estimate of drug-likeness (QED) is 0.731. The third-order valence-electron chi connectivity index (χ3n) is 3.65. The largest absolute Gasteiger partial charge is 0.497 e. The van der Waals surface area contributed by atoms with Crippen LogP contribution in [0.15, 0.2) is 67.0 Å². The highest BCUT2D eigenvalue weighted by Gasteiger charge is 2.09. The number of rotatable bonds is 5. The Kier molecular flexibility index (Phi) is 5.11. The van der Waals surface area contributed by atoms with Crippen LogP contribution in [0.2, 0.25) is 0 Å². The molecule has 0 fully saturated rings. The number of carbonyl (C=O) groups is 1. The fraction of sp³-hybridized carbons (Fsp3) is 0.0500. The van der Waals surface area contributed by atoms with Gasteiger partial charge in [-0.2, -0.15) is 5.26 Å². The third-order valence-corrected chi connectivity index (χ3v) is 3.65. The fourth-order valence-corrected chi connectivity index (χ4v) is 2.38. The molecular weight excluding hydrogens is 328 g/mol. The molecule has 0 spiro atoms. The molecule has 1 heterocycles. The van der Waals surface area contributed by atoms with Crippen molar-refractivity contribution in [2.24, 2.45) is 0 Å². The minimum absolute atomic E-state index is 0.289. The van der Waals surface area contributed by atoms with Crippen molar-refractivity contribution < 1.29 is 9.53 Å². The second kappa shape index (κ2) is 7.81. The number of ether oxygens (including phenoxy) is 1. The summed E-state index contributed by atoms with van der Waals surface area (Å²) in [6, 6.07) is 18.0. The van der Waals surface area contributed by atoms with Crippen molar-refractivity contribution in [1.29, 1.82) is 5.26 Å². The predicted molar refractivity (Wildman–Crippen MR) is 99.6 cm³/mol. The lowest BCUT2D eigenvalue weighted by Crippen LogP contribution is -2.12. The molecular formula is C20H16N4O2. The normalized spacial score (nSPS) is 9.85. The zero-order valence-electron chi connectivity index (χ0n) is 14.1. The number of nitrogens with one attached hydrogen (secondary N) is 2. The van der Waals surface area contributed by atoms with E-state index in [2.05, 4.69) is 21.7 Å². The Morgan fingerprint density at radius 2 is 1.92 bits per heavy atom. The number of hydrogen-bond donors (Lipinski definition) is 2. The first-order valence-corrected chi connectivity index (χ1v) is 7.86. The number of anilines is 3. The van der Waals surface area contributed by atoms with Crippen LogP contribution in [0, 0.1) is 11.3 Å². The molecule has 0 saturated heterocycles. The van der Waals surface area contributed by atoms with E-state index in [9.17, 15) is 4.79 Å². The summed E-state index contributed by atoms with van der Waals surface area (Å²) in [5, 5.41) is 15.1. The Balaban J connectivity index is 1.78. The first-order chi connectivity index (χ1) is 12.7. The first kappa shape index (κ1) is 17.0. The summed E-state index contributed by atoms with van der Waals surface area (Å²) in [6.07, 6.45) is 3.08. The molecule has 1 aromatic heterocycles. The molecule has 2 aromatic carbocycles. The molecule has 26 heavy (non-hydrogen) atoms. The van der Waals surface area contributed by atoms with E-state index in [1.54, 1.807) is 61.8 Å². The van der Waals surface area contributed by atoms with Gasteiger partial charge < -0.3 is 15.4 Å². The molecule has 0 aliphatic heterocycles.